The van der Waals surface area contributed by atoms with Crippen LogP contribution in [0.1, 0.15) is 18.9 Å². The number of carbonyl (C=O) groups excluding carboxylic acids is 1. The summed E-state index contributed by atoms with van der Waals surface area (Å²) >= 11 is 0. The molecular weight excluding hydrogens is 234 g/mol. The van der Waals surface area contributed by atoms with Crippen molar-refractivity contribution in [1.82, 2.24) is 5.32 Å². The number of benzene rings is 1. The third kappa shape index (κ3) is 4.97. The number of rotatable bonds is 6. The number of carboxylic acid groups (broad SMARTS) is 1. The lowest BCUT2D eigenvalue weighted by atomic mass is 10.1. The summed E-state index contributed by atoms with van der Waals surface area (Å²) in [5.74, 6) is -1.55. The molecule has 1 aromatic carbocycles. The minimum Gasteiger partial charge on any atom is -0.480 e. The molecule has 0 aliphatic heterocycles. The van der Waals surface area contributed by atoms with Gasteiger partial charge in [0.05, 0.1) is 12.5 Å². The number of amides is 1. The van der Waals surface area contributed by atoms with Crippen molar-refractivity contribution in [2.45, 2.75) is 31.9 Å². The standard InChI is InChI=1S/C13H17NO4/c1-9(15)7-12(16)14-11(13(17)18)8-10-5-3-2-4-6-10/h2-6,9,11,15H,7-8H2,1H3,(H,14,16)(H,17,18)/t9-,11+/m1/s1. The molecule has 0 saturated carbocycles. The molecular formula is C13H17NO4. The van der Waals surface area contributed by atoms with E-state index in [0.717, 1.165) is 5.56 Å². The summed E-state index contributed by atoms with van der Waals surface area (Å²) in [5.41, 5.74) is 0.835. The van der Waals surface area contributed by atoms with Gasteiger partial charge in [0.25, 0.3) is 0 Å². The largest absolute Gasteiger partial charge is 0.480 e. The lowest BCUT2D eigenvalue weighted by Gasteiger charge is -2.15. The smallest absolute Gasteiger partial charge is 0.326 e. The topological polar surface area (TPSA) is 86.6 Å². The molecule has 0 fully saturated rings. The van der Waals surface area contributed by atoms with Crippen LogP contribution >= 0.6 is 0 Å². The molecule has 18 heavy (non-hydrogen) atoms. The molecule has 0 radical (unpaired) electrons. The number of hydrogen-bond donors (Lipinski definition) is 3. The van der Waals surface area contributed by atoms with E-state index in [0.29, 0.717) is 0 Å². The molecule has 0 spiro atoms. The van der Waals surface area contributed by atoms with E-state index in [1.54, 1.807) is 12.1 Å². The van der Waals surface area contributed by atoms with Crippen LogP contribution in [0.15, 0.2) is 30.3 Å². The van der Waals surface area contributed by atoms with Gasteiger partial charge in [0, 0.05) is 6.42 Å². The molecule has 2 atom stereocenters. The van der Waals surface area contributed by atoms with Gasteiger partial charge in [0.2, 0.25) is 5.91 Å². The highest BCUT2D eigenvalue weighted by molar-refractivity contribution is 5.83. The van der Waals surface area contributed by atoms with Crippen molar-refractivity contribution in [2.24, 2.45) is 0 Å². The van der Waals surface area contributed by atoms with Gasteiger partial charge in [-0.15, -0.1) is 0 Å². The van der Waals surface area contributed by atoms with Crippen LogP contribution in [0.2, 0.25) is 0 Å². The van der Waals surface area contributed by atoms with Crippen LogP contribution in [0.3, 0.4) is 0 Å². The lowest BCUT2D eigenvalue weighted by molar-refractivity contribution is -0.142. The summed E-state index contributed by atoms with van der Waals surface area (Å²) in [6, 6.07) is 8.09. The zero-order valence-corrected chi connectivity index (χ0v) is 10.2. The van der Waals surface area contributed by atoms with Crippen molar-refractivity contribution >= 4 is 11.9 Å². The van der Waals surface area contributed by atoms with Gasteiger partial charge in [-0.1, -0.05) is 30.3 Å². The monoisotopic (exact) mass is 251 g/mol. The van der Waals surface area contributed by atoms with E-state index in [4.69, 9.17) is 10.2 Å². The summed E-state index contributed by atoms with van der Waals surface area (Å²) < 4.78 is 0. The normalized spacial score (nSPS) is 13.7. The molecule has 0 unspecified atom stereocenters. The van der Waals surface area contributed by atoms with E-state index < -0.39 is 24.0 Å². The van der Waals surface area contributed by atoms with E-state index in [9.17, 15) is 9.59 Å². The van der Waals surface area contributed by atoms with Gasteiger partial charge in [-0.25, -0.2) is 4.79 Å². The van der Waals surface area contributed by atoms with Crippen molar-refractivity contribution in [3.8, 4) is 0 Å². The van der Waals surface area contributed by atoms with Crippen LogP contribution in [-0.4, -0.2) is 34.2 Å². The summed E-state index contributed by atoms with van der Waals surface area (Å²) in [7, 11) is 0. The van der Waals surface area contributed by atoms with Crippen LogP contribution < -0.4 is 5.32 Å². The number of nitrogens with one attached hydrogen (secondary N) is 1. The first-order chi connectivity index (χ1) is 8.49. The number of aliphatic hydroxyl groups is 1. The Morgan fingerprint density at radius 3 is 2.39 bits per heavy atom. The Labute approximate surface area is 105 Å². The molecule has 0 aliphatic rings. The van der Waals surface area contributed by atoms with E-state index in [-0.39, 0.29) is 12.8 Å². The Morgan fingerprint density at radius 2 is 1.89 bits per heavy atom. The molecule has 0 aliphatic carbocycles. The first kappa shape index (κ1) is 14.2. The maximum Gasteiger partial charge on any atom is 0.326 e. The van der Waals surface area contributed by atoms with E-state index in [1.807, 2.05) is 18.2 Å². The molecule has 3 N–H and O–H groups in total. The Balaban J connectivity index is 2.61. The Bertz CT molecular complexity index is 403. The van der Waals surface area contributed by atoms with Crippen LogP contribution in [0.5, 0.6) is 0 Å². The minimum atomic E-state index is -1.09. The van der Waals surface area contributed by atoms with Crippen LogP contribution in [-0.2, 0) is 16.0 Å². The second kappa shape index (κ2) is 6.76. The molecule has 98 valence electrons. The van der Waals surface area contributed by atoms with Gasteiger partial charge in [-0.3, -0.25) is 4.79 Å². The van der Waals surface area contributed by atoms with Gasteiger partial charge < -0.3 is 15.5 Å². The van der Waals surface area contributed by atoms with Gasteiger partial charge in [0.1, 0.15) is 6.04 Å². The molecule has 0 saturated heterocycles. The molecule has 1 aromatic rings. The van der Waals surface area contributed by atoms with Crippen LogP contribution in [0.25, 0.3) is 0 Å². The quantitative estimate of drug-likeness (QED) is 0.690. The number of aliphatic hydroxyl groups excluding tert-OH is 1. The number of carbonyl (C=O) groups is 2. The van der Waals surface area contributed by atoms with Crippen molar-refractivity contribution in [3.63, 3.8) is 0 Å². The molecule has 5 heteroatoms. The highest BCUT2D eigenvalue weighted by Gasteiger charge is 2.20. The second-order valence-electron chi connectivity index (χ2n) is 4.20. The van der Waals surface area contributed by atoms with Gasteiger partial charge in [-0.05, 0) is 12.5 Å². The Hall–Kier alpha value is -1.88. The zero-order chi connectivity index (χ0) is 13.5. The van der Waals surface area contributed by atoms with Gasteiger partial charge >= 0.3 is 5.97 Å². The second-order valence-corrected chi connectivity index (χ2v) is 4.20. The Kier molecular flexibility index (Phi) is 5.32. The fourth-order valence-electron chi connectivity index (χ4n) is 1.57. The lowest BCUT2D eigenvalue weighted by Crippen LogP contribution is -2.43. The summed E-state index contributed by atoms with van der Waals surface area (Å²) in [5, 5.41) is 20.5. The summed E-state index contributed by atoms with van der Waals surface area (Å²) in [6.45, 7) is 1.48. The fraction of sp³-hybridized carbons (Fsp3) is 0.385. The first-order valence-corrected chi connectivity index (χ1v) is 5.73. The van der Waals surface area contributed by atoms with Gasteiger partial charge in [0.15, 0.2) is 0 Å². The molecule has 0 aromatic heterocycles. The highest BCUT2D eigenvalue weighted by atomic mass is 16.4. The maximum absolute atomic E-state index is 11.4. The molecule has 1 rings (SSSR count). The molecule has 5 nitrogen and oxygen atoms in total. The molecule has 0 heterocycles. The fourth-order valence-corrected chi connectivity index (χ4v) is 1.57. The van der Waals surface area contributed by atoms with Crippen molar-refractivity contribution < 1.29 is 19.8 Å². The van der Waals surface area contributed by atoms with Crippen molar-refractivity contribution in [3.05, 3.63) is 35.9 Å². The zero-order valence-electron chi connectivity index (χ0n) is 10.2. The Morgan fingerprint density at radius 1 is 1.28 bits per heavy atom. The third-order valence-corrected chi connectivity index (χ3v) is 2.40. The summed E-state index contributed by atoms with van der Waals surface area (Å²) in [6.07, 6.45) is -0.656. The average molecular weight is 251 g/mol. The van der Waals surface area contributed by atoms with Gasteiger partial charge in [-0.2, -0.15) is 0 Å². The highest BCUT2D eigenvalue weighted by Crippen LogP contribution is 2.04. The van der Waals surface area contributed by atoms with E-state index >= 15 is 0 Å². The maximum atomic E-state index is 11.4. The number of carboxylic acids is 1. The van der Waals surface area contributed by atoms with Crippen LogP contribution in [0.4, 0.5) is 0 Å². The molecule has 1 amide bonds. The third-order valence-electron chi connectivity index (χ3n) is 2.40. The minimum absolute atomic E-state index is 0.0986. The van der Waals surface area contributed by atoms with Crippen LogP contribution in [0, 0.1) is 0 Å². The van der Waals surface area contributed by atoms with Crippen molar-refractivity contribution in [1.29, 1.82) is 0 Å². The predicted molar refractivity (Wildman–Crippen MR) is 66.0 cm³/mol. The first-order valence-electron chi connectivity index (χ1n) is 5.73. The summed E-state index contributed by atoms with van der Waals surface area (Å²) in [4.78, 5) is 22.5. The number of hydrogen-bond acceptors (Lipinski definition) is 3. The van der Waals surface area contributed by atoms with E-state index in [2.05, 4.69) is 5.32 Å². The average Bonchev–Trinajstić information content (AvgIpc) is 2.28. The van der Waals surface area contributed by atoms with E-state index in [1.165, 1.54) is 6.92 Å². The SMILES string of the molecule is C[C@@H](O)CC(=O)N[C@@H](Cc1ccccc1)C(=O)O. The number of aliphatic carboxylic acids is 1. The van der Waals surface area contributed by atoms with Crippen molar-refractivity contribution in [2.75, 3.05) is 0 Å². The molecule has 0 bridgehead atoms. The predicted octanol–water partition coefficient (Wildman–Crippen LogP) is 0.569.